The van der Waals surface area contributed by atoms with Crippen molar-refractivity contribution in [3.8, 4) is 0 Å². The van der Waals surface area contributed by atoms with Crippen LogP contribution in [0.2, 0.25) is 0 Å². The monoisotopic (exact) mass is 349 g/mol. The fourth-order valence-electron chi connectivity index (χ4n) is 2.92. The fraction of sp³-hybridized carbons (Fsp3) is 0.500. The van der Waals surface area contributed by atoms with Crippen LogP contribution in [0.15, 0.2) is 33.3 Å². The van der Waals surface area contributed by atoms with E-state index in [2.05, 4.69) is 43.5 Å². The Morgan fingerprint density at radius 2 is 1.90 bits per heavy atom. The zero-order valence-electron chi connectivity index (χ0n) is 12.2. The van der Waals surface area contributed by atoms with Gasteiger partial charge in [-0.05, 0) is 50.4 Å². The van der Waals surface area contributed by atoms with Gasteiger partial charge >= 0.3 is 0 Å². The van der Waals surface area contributed by atoms with Crippen LogP contribution in [0.25, 0.3) is 0 Å². The molecule has 5 heteroatoms. The van der Waals surface area contributed by atoms with E-state index >= 15 is 0 Å². The lowest BCUT2D eigenvalue weighted by Gasteiger charge is -2.25. The first-order valence-corrected chi connectivity index (χ1v) is 8.28. The van der Waals surface area contributed by atoms with E-state index in [1.54, 1.807) is 0 Å². The van der Waals surface area contributed by atoms with Gasteiger partial charge in [-0.15, -0.1) is 0 Å². The Bertz CT molecular complexity index is 573. The molecule has 112 valence electrons. The third kappa shape index (κ3) is 3.71. The standard InChI is InChI=1S/C16H20BrN3O/c1-18-14-8-4-12(5-9-14)16-19-15(20-21-16)10-11-2-6-13(17)7-3-11/h2-3,6-7,12,14,18H,4-5,8-10H2,1H3. The summed E-state index contributed by atoms with van der Waals surface area (Å²) >= 11 is 3.44. The van der Waals surface area contributed by atoms with Crippen LogP contribution < -0.4 is 5.32 Å². The first-order chi connectivity index (χ1) is 10.2. The third-order valence-electron chi connectivity index (χ3n) is 4.24. The number of benzene rings is 1. The predicted molar refractivity (Wildman–Crippen MR) is 85.3 cm³/mol. The van der Waals surface area contributed by atoms with Crippen LogP contribution in [0.4, 0.5) is 0 Å². The Kier molecular flexibility index (Phi) is 4.70. The highest BCUT2D eigenvalue weighted by molar-refractivity contribution is 9.10. The van der Waals surface area contributed by atoms with E-state index in [1.807, 2.05) is 19.2 Å². The molecule has 1 aromatic heterocycles. The lowest BCUT2D eigenvalue weighted by atomic mass is 9.86. The maximum absolute atomic E-state index is 5.48. The zero-order valence-corrected chi connectivity index (χ0v) is 13.8. The van der Waals surface area contributed by atoms with Crippen molar-refractivity contribution in [2.45, 2.75) is 44.1 Å². The van der Waals surface area contributed by atoms with Gasteiger partial charge in [0, 0.05) is 22.9 Å². The van der Waals surface area contributed by atoms with Gasteiger partial charge in [0.1, 0.15) is 0 Å². The van der Waals surface area contributed by atoms with Crippen molar-refractivity contribution in [3.05, 3.63) is 46.0 Å². The van der Waals surface area contributed by atoms with Crippen molar-refractivity contribution in [1.29, 1.82) is 0 Å². The van der Waals surface area contributed by atoms with Crippen LogP contribution in [0.1, 0.15) is 48.9 Å². The molecule has 4 nitrogen and oxygen atoms in total. The summed E-state index contributed by atoms with van der Waals surface area (Å²) < 4.78 is 6.56. The summed E-state index contributed by atoms with van der Waals surface area (Å²) in [6.45, 7) is 0. The Hall–Kier alpha value is -1.20. The van der Waals surface area contributed by atoms with E-state index in [-0.39, 0.29) is 0 Å². The van der Waals surface area contributed by atoms with Gasteiger partial charge in [0.15, 0.2) is 5.82 Å². The van der Waals surface area contributed by atoms with Crippen LogP contribution in [0.5, 0.6) is 0 Å². The molecule has 21 heavy (non-hydrogen) atoms. The molecule has 3 rings (SSSR count). The minimum absolute atomic E-state index is 0.431. The summed E-state index contributed by atoms with van der Waals surface area (Å²) in [5, 5.41) is 7.48. The molecule has 0 spiro atoms. The van der Waals surface area contributed by atoms with Gasteiger partial charge in [-0.1, -0.05) is 33.2 Å². The van der Waals surface area contributed by atoms with E-state index < -0.39 is 0 Å². The van der Waals surface area contributed by atoms with Gasteiger partial charge in [0.05, 0.1) is 0 Å². The summed E-state index contributed by atoms with van der Waals surface area (Å²) in [5.74, 6) is 2.03. The number of hydrogen-bond donors (Lipinski definition) is 1. The molecule has 0 amide bonds. The van der Waals surface area contributed by atoms with Crippen LogP contribution in [0, 0.1) is 0 Å². The summed E-state index contributed by atoms with van der Waals surface area (Å²) in [5.41, 5.74) is 1.20. The number of aromatic nitrogens is 2. The van der Waals surface area contributed by atoms with Crippen LogP contribution in [-0.2, 0) is 6.42 Å². The van der Waals surface area contributed by atoms with Gasteiger partial charge < -0.3 is 9.84 Å². The maximum Gasteiger partial charge on any atom is 0.229 e. The van der Waals surface area contributed by atoms with Crippen LogP contribution in [-0.4, -0.2) is 23.2 Å². The number of rotatable bonds is 4. The van der Waals surface area contributed by atoms with Crippen LogP contribution >= 0.6 is 15.9 Å². The van der Waals surface area contributed by atoms with Crippen molar-refractivity contribution in [1.82, 2.24) is 15.5 Å². The minimum atomic E-state index is 0.431. The smallest absolute Gasteiger partial charge is 0.229 e. The molecule has 1 fully saturated rings. The first kappa shape index (κ1) is 14.7. The average molecular weight is 350 g/mol. The lowest BCUT2D eigenvalue weighted by molar-refractivity contribution is 0.288. The Balaban J connectivity index is 1.62. The van der Waals surface area contributed by atoms with Crippen LogP contribution in [0.3, 0.4) is 0 Å². The minimum Gasteiger partial charge on any atom is -0.339 e. The molecule has 1 aliphatic rings. The Morgan fingerprint density at radius 1 is 1.19 bits per heavy atom. The van der Waals surface area contributed by atoms with Gasteiger partial charge in [0.2, 0.25) is 5.89 Å². The Labute approximate surface area is 133 Å². The molecule has 0 atom stereocenters. The van der Waals surface area contributed by atoms with Crippen molar-refractivity contribution >= 4 is 15.9 Å². The molecule has 2 aromatic rings. The van der Waals surface area contributed by atoms with Crippen molar-refractivity contribution in [2.24, 2.45) is 0 Å². The van der Waals surface area contributed by atoms with E-state index in [9.17, 15) is 0 Å². The van der Waals surface area contributed by atoms with Gasteiger partial charge in [-0.3, -0.25) is 0 Å². The lowest BCUT2D eigenvalue weighted by Crippen LogP contribution is -2.29. The Morgan fingerprint density at radius 3 is 2.57 bits per heavy atom. The van der Waals surface area contributed by atoms with Crippen molar-refractivity contribution in [3.63, 3.8) is 0 Å². The number of halogens is 1. The second-order valence-electron chi connectivity index (χ2n) is 5.69. The molecule has 1 heterocycles. The molecular weight excluding hydrogens is 330 g/mol. The number of hydrogen-bond acceptors (Lipinski definition) is 4. The highest BCUT2D eigenvalue weighted by atomic mass is 79.9. The molecule has 1 saturated carbocycles. The second-order valence-corrected chi connectivity index (χ2v) is 6.60. The molecule has 0 radical (unpaired) electrons. The number of nitrogens with zero attached hydrogens (tertiary/aromatic N) is 2. The second kappa shape index (κ2) is 6.71. The molecule has 1 N–H and O–H groups in total. The van der Waals surface area contributed by atoms with E-state index in [4.69, 9.17) is 4.52 Å². The molecule has 0 bridgehead atoms. The largest absolute Gasteiger partial charge is 0.339 e. The molecule has 0 unspecified atom stereocenters. The van der Waals surface area contributed by atoms with E-state index in [0.29, 0.717) is 12.0 Å². The first-order valence-electron chi connectivity index (χ1n) is 7.49. The summed E-state index contributed by atoms with van der Waals surface area (Å²) in [7, 11) is 2.04. The van der Waals surface area contributed by atoms with Gasteiger partial charge in [-0.25, -0.2) is 0 Å². The van der Waals surface area contributed by atoms with E-state index in [0.717, 1.165) is 35.5 Å². The maximum atomic E-state index is 5.48. The topological polar surface area (TPSA) is 51.0 Å². The van der Waals surface area contributed by atoms with E-state index in [1.165, 1.54) is 18.4 Å². The average Bonchev–Trinajstić information content (AvgIpc) is 2.98. The molecular formula is C16H20BrN3O. The normalized spacial score (nSPS) is 22.4. The van der Waals surface area contributed by atoms with Gasteiger partial charge in [-0.2, -0.15) is 4.98 Å². The highest BCUT2D eigenvalue weighted by Gasteiger charge is 2.25. The summed E-state index contributed by atoms with van der Waals surface area (Å²) in [4.78, 5) is 4.59. The highest BCUT2D eigenvalue weighted by Crippen LogP contribution is 2.31. The summed E-state index contributed by atoms with van der Waals surface area (Å²) in [6.07, 6.45) is 5.36. The SMILES string of the molecule is CNC1CCC(c2nc(Cc3ccc(Br)cc3)no2)CC1. The quantitative estimate of drug-likeness (QED) is 0.914. The van der Waals surface area contributed by atoms with Crippen molar-refractivity contribution in [2.75, 3.05) is 7.05 Å². The molecule has 1 aromatic carbocycles. The fourth-order valence-corrected chi connectivity index (χ4v) is 3.18. The summed E-state index contributed by atoms with van der Waals surface area (Å²) in [6, 6.07) is 8.88. The van der Waals surface area contributed by atoms with Crippen molar-refractivity contribution < 1.29 is 4.52 Å². The zero-order chi connectivity index (χ0) is 14.7. The molecule has 0 saturated heterocycles. The molecule has 0 aliphatic heterocycles. The molecule has 1 aliphatic carbocycles. The predicted octanol–water partition coefficient (Wildman–Crippen LogP) is 3.67. The third-order valence-corrected chi connectivity index (χ3v) is 4.77. The number of nitrogens with one attached hydrogen (secondary N) is 1. The van der Waals surface area contributed by atoms with Gasteiger partial charge in [0.25, 0.3) is 0 Å².